The Morgan fingerprint density at radius 3 is 2.84 bits per heavy atom. The third-order valence-electron chi connectivity index (χ3n) is 3.61. The van der Waals surface area contributed by atoms with Crippen LogP contribution in [-0.4, -0.2) is 40.3 Å². The first-order valence-electron chi connectivity index (χ1n) is 6.39. The molecule has 2 atom stereocenters. The molecule has 1 aromatic carbocycles. The van der Waals surface area contributed by atoms with Gasteiger partial charge in [0.15, 0.2) is 0 Å². The van der Waals surface area contributed by atoms with Crippen LogP contribution in [0.3, 0.4) is 0 Å². The van der Waals surface area contributed by atoms with Gasteiger partial charge < -0.3 is 10.2 Å². The maximum atomic E-state index is 13.6. The van der Waals surface area contributed by atoms with Gasteiger partial charge in [0.05, 0.1) is 11.7 Å². The number of hydrogen-bond acceptors (Lipinski definition) is 3. The Kier molecular flexibility index (Phi) is 4.17. The minimum Gasteiger partial charge on any atom is -0.478 e. The third kappa shape index (κ3) is 3.30. The van der Waals surface area contributed by atoms with Crippen LogP contribution in [0.25, 0.3) is 0 Å². The highest BCUT2D eigenvalue weighted by molar-refractivity contribution is 5.87. The van der Waals surface area contributed by atoms with Gasteiger partial charge in [0.1, 0.15) is 5.82 Å². The van der Waals surface area contributed by atoms with Crippen molar-refractivity contribution in [3.63, 3.8) is 0 Å². The summed E-state index contributed by atoms with van der Waals surface area (Å²) in [6.07, 6.45) is 0.457. The number of halogens is 1. The van der Waals surface area contributed by atoms with E-state index >= 15 is 0 Å². The van der Waals surface area contributed by atoms with Gasteiger partial charge in [-0.25, -0.2) is 9.18 Å². The predicted octanol–water partition coefficient (Wildman–Crippen LogP) is 1.73. The van der Waals surface area contributed by atoms with Gasteiger partial charge in [-0.05, 0) is 30.0 Å². The molecule has 2 rings (SSSR count). The maximum Gasteiger partial charge on any atom is 0.338 e. The van der Waals surface area contributed by atoms with Gasteiger partial charge in [0, 0.05) is 19.6 Å². The van der Waals surface area contributed by atoms with E-state index < -0.39 is 11.8 Å². The topological polar surface area (TPSA) is 60.8 Å². The van der Waals surface area contributed by atoms with Crippen molar-refractivity contribution >= 4 is 5.97 Å². The summed E-state index contributed by atoms with van der Waals surface area (Å²) in [4.78, 5) is 12.9. The van der Waals surface area contributed by atoms with Crippen molar-refractivity contribution in [3.05, 3.63) is 35.1 Å². The van der Waals surface area contributed by atoms with E-state index in [2.05, 4.69) is 4.90 Å². The van der Waals surface area contributed by atoms with Crippen LogP contribution in [0.2, 0.25) is 0 Å². The molecular formula is C14H18FNO3. The van der Waals surface area contributed by atoms with Crippen LogP contribution in [0.4, 0.5) is 4.39 Å². The van der Waals surface area contributed by atoms with Crippen molar-refractivity contribution in [3.8, 4) is 0 Å². The van der Waals surface area contributed by atoms with Gasteiger partial charge in [-0.1, -0.05) is 13.0 Å². The normalized spacial score (nSPS) is 24.4. The molecule has 0 bridgehead atoms. The average Bonchev–Trinajstić information content (AvgIpc) is 2.33. The lowest BCUT2D eigenvalue weighted by Gasteiger charge is -2.34. The van der Waals surface area contributed by atoms with Gasteiger partial charge in [-0.15, -0.1) is 0 Å². The average molecular weight is 267 g/mol. The molecule has 2 unspecified atom stereocenters. The molecule has 104 valence electrons. The monoisotopic (exact) mass is 267 g/mol. The summed E-state index contributed by atoms with van der Waals surface area (Å²) < 4.78 is 13.6. The number of piperidine rings is 1. The van der Waals surface area contributed by atoms with Gasteiger partial charge in [0.2, 0.25) is 0 Å². The van der Waals surface area contributed by atoms with Crippen molar-refractivity contribution in [1.82, 2.24) is 4.90 Å². The van der Waals surface area contributed by atoms with Crippen molar-refractivity contribution in [1.29, 1.82) is 0 Å². The van der Waals surface area contributed by atoms with Crippen LogP contribution in [0.15, 0.2) is 18.2 Å². The van der Waals surface area contributed by atoms with E-state index in [4.69, 9.17) is 5.11 Å². The number of benzene rings is 1. The predicted molar refractivity (Wildman–Crippen MR) is 68.4 cm³/mol. The zero-order chi connectivity index (χ0) is 14.0. The molecule has 0 aliphatic carbocycles. The van der Waals surface area contributed by atoms with Gasteiger partial charge in [0.25, 0.3) is 0 Å². The van der Waals surface area contributed by atoms with Gasteiger partial charge in [-0.3, -0.25) is 4.90 Å². The second-order valence-corrected chi connectivity index (χ2v) is 5.19. The molecule has 19 heavy (non-hydrogen) atoms. The molecule has 0 saturated carbocycles. The summed E-state index contributed by atoms with van der Waals surface area (Å²) in [6, 6.07) is 4.22. The number of aliphatic hydroxyl groups excluding tert-OH is 1. The largest absolute Gasteiger partial charge is 0.478 e. The number of aromatic carboxylic acids is 1. The first-order chi connectivity index (χ1) is 8.97. The van der Waals surface area contributed by atoms with Gasteiger partial charge >= 0.3 is 5.97 Å². The lowest BCUT2D eigenvalue weighted by atomic mass is 9.96. The minimum absolute atomic E-state index is 0.205. The zero-order valence-corrected chi connectivity index (χ0v) is 10.8. The first kappa shape index (κ1) is 14.0. The Labute approximate surface area is 111 Å². The fourth-order valence-corrected chi connectivity index (χ4v) is 2.45. The molecule has 2 N–H and O–H groups in total. The van der Waals surface area contributed by atoms with Crippen LogP contribution in [0.1, 0.15) is 29.3 Å². The summed E-state index contributed by atoms with van der Waals surface area (Å²) in [5, 5.41) is 18.4. The molecule has 1 aliphatic heterocycles. The first-order valence-corrected chi connectivity index (χ1v) is 6.39. The number of nitrogens with zero attached hydrogens (tertiary/aromatic N) is 1. The quantitative estimate of drug-likeness (QED) is 0.875. The van der Waals surface area contributed by atoms with Crippen LogP contribution < -0.4 is 0 Å². The molecule has 1 saturated heterocycles. The van der Waals surface area contributed by atoms with Crippen molar-refractivity contribution in [2.24, 2.45) is 5.92 Å². The van der Waals surface area contributed by atoms with Gasteiger partial charge in [-0.2, -0.15) is 0 Å². The summed E-state index contributed by atoms with van der Waals surface area (Å²) >= 11 is 0. The van der Waals surface area contributed by atoms with E-state index in [1.54, 1.807) is 6.07 Å². The molecule has 1 fully saturated rings. The number of hydrogen-bond donors (Lipinski definition) is 2. The SMILES string of the molecule is CC1CN(Cc2ccc(C(=O)O)c(F)c2)CCC1O. The van der Waals surface area contributed by atoms with Crippen LogP contribution in [0.5, 0.6) is 0 Å². The van der Waals surface area contributed by atoms with Crippen molar-refractivity contribution in [2.75, 3.05) is 13.1 Å². The fraction of sp³-hybridized carbons (Fsp3) is 0.500. The van der Waals surface area contributed by atoms with E-state index in [1.165, 1.54) is 12.1 Å². The Morgan fingerprint density at radius 1 is 1.53 bits per heavy atom. The Hall–Kier alpha value is -1.46. The standard InChI is InChI=1S/C14H18FNO3/c1-9-7-16(5-4-13(9)17)8-10-2-3-11(14(18)19)12(15)6-10/h2-3,6,9,13,17H,4-5,7-8H2,1H3,(H,18,19). The Bertz CT molecular complexity index is 478. The highest BCUT2D eigenvalue weighted by Crippen LogP contribution is 2.19. The van der Waals surface area contributed by atoms with Crippen molar-refractivity contribution in [2.45, 2.75) is 26.0 Å². The zero-order valence-electron chi connectivity index (χ0n) is 10.8. The van der Waals surface area contributed by atoms with Crippen LogP contribution in [0, 0.1) is 11.7 Å². The number of carboxylic acid groups (broad SMARTS) is 1. The highest BCUT2D eigenvalue weighted by atomic mass is 19.1. The molecule has 4 nitrogen and oxygen atoms in total. The Balaban J connectivity index is 2.04. The number of carboxylic acids is 1. The molecule has 0 spiro atoms. The number of rotatable bonds is 3. The second-order valence-electron chi connectivity index (χ2n) is 5.19. The molecular weight excluding hydrogens is 249 g/mol. The molecule has 0 amide bonds. The lowest BCUT2D eigenvalue weighted by molar-refractivity contribution is 0.0320. The summed E-state index contributed by atoms with van der Waals surface area (Å²) in [5.74, 6) is -1.74. The summed E-state index contributed by atoms with van der Waals surface area (Å²) in [5.41, 5.74) is 0.456. The Morgan fingerprint density at radius 2 is 2.26 bits per heavy atom. The smallest absolute Gasteiger partial charge is 0.338 e. The molecule has 1 aliphatic rings. The van der Waals surface area contributed by atoms with Crippen molar-refractivity contribution < 1.29 is 19.4 Å². The maximum absolute atomic E-state index is 13.6. The molecule has 0 aromatic heterocycles. The number of carbonyl (C=O) groups is 1. The number of aliphatic hydroxyl groups is 1. The van der Waals surface area contributed by atoms with E-state index in [0.717, 1.165) is 25.1 Å². The molecule has 1 aromatic rings. The molecule has 0 radical (unpaired) electrons. The van der Waals surface area contributed by atoms with Crippen LogP contribution >= 0.6 is 0 Å². The van der Waals surface area contributed by atoms with E-state index in [-0.39, 0.29) is 17.6 Å². The second kappa shape index (κ2) is 5.67. The van der Waals surface area contributed by atoms with E-state index in [0.29, 0.717) is 6.54 Å². The fourth-order valence-electron chi connectivity index (χ4n) is 2.45. The molecule has 1 heterocycles. The molecule has 5 heteroatoms. The number of likely N-dealkylation sites (tertiary alicyclic amines) is 1. The minimum atomic E-state index is -1.25. The lowest BCUT2D eigenvalue weighted by Crippen LogP contribution is -2.41. The van der Waals surface area contributed by atoms with Crippen LogP contribution in [-0.2, 0) is 6.54 Å². The summed E-state index contributed by atoms with van der Waals surface area (Å²) in [7, 11) is 0. The van der Waals surface area contributed by atoms with E-state index in [9.17, 15) is 14.3 Å². The highest BCUT2D eigenvalue weighted by Gasteiger charge is 2.24. The van der Waals surface area contributed by atoms with E-state index in [1.807, 2.05) is 6.92 Å². The summed E-state index contributed by atoms with van der Waals surface area (Å²) in [6.45, 7) is 4.11. The third-order valence-corrected chi connectivity index (χ3v) is 3.61.